The first kappa shape index (κ1) is 30.4. The van der Waals surface area contributed by atoms with Crippen molar-refractivity contribution in [1.29, 1.82) is 0 Å². The Kier molecular flexibility index (Phi) is 10.5. The molecule has 0 unspecified atom stereocenters. The van der Waals surface area contributed by atoms with Crippen LogP contribution in [0.5, 0.6) is 0 Å². The fourth-order valence-electron chi connectivity index (χ4n) is 4.75. The molecule has 0 bridgehead atoms. The average molecular weight is 600 g/mol. The summed E-state index contributed by atoms with van der Waals surface area (Å²) in [5.41, 5.74) is 5.69. The van der Waals surface area contributed by atoms with Gasteiger partial charge in [-0.15, -0.1) is 0 Å². The number of carboxylic acid groups (broad SMARTS) is 1. The van der Waals surface area contributed by atoms with Gasteiger partial charge in [-0.2, -0.15) is 0 Å². The highest BCUT2D eigenvalue weighted by atomic mass is 32.2. The molecule has 3 atom stereocenters. The maximum absolute atomic E-state index is 11.9. The van der Waals surface area contributed by atoms with Crippen LogP contribution in [0.4, 0.5) is 0 Å². The summed E-state index contributed by atoms with van der Waals surface area (Å²) in [6.45, 7) is 0.312. The zero-order chi connectivity index (χ0) is 30.0. The highest BCUT2D eigenvalue weighted by Crippen LogP contribution is 2.39. The van der Waals surface area contributed by atoms with Crippen LogP contribution in [-0.4, -0.2) is 43.9 Å². The predicted molar refractivity (Wildman–Crippen MR) is 162 cm³/mol. The second-order valence-corrected chi connectivity index (χ2v) is 11.2. The van der Waals surface area contributed by atoms with Gasteiger partial charge in [0.15, 0.2) is 11.4 Å². The molecule has 1 fully saturated rings. The number of carboxylic acids is 1. The lowest BCUT2D eigenvalue weighted by Gasteiger charge is -2.36. The molecule has 1 aromatic heterocycles. The van der Waals surface area contributed by atoms with E-state index in [0.29, 0.717) is 23.9 Å². The molecule has 3 N–H and O–H groups in total. The SMILES string of the molecule is O=C(O)CCC(=O)NCc1cccc(-c2ccc([C@H]3O[C@@H](CSc4ncccn4)C[C@@H](c4ccc(CO)cc4)O3)cc2)c1. The van der Waals surface area contributed by atoms with E-state index < -0.39 is 12.3 Å². The number of carbonyl (C=O) groups is 2. The number of hydrogen-bond acceptors (Lipinski definition) is 8. The van der Waals surface area contributed by atoms with Crippen LogP contribution in [0.15, 0.2) is 96.4 Å². The summed E-state index contributed by atoms with van der Waals surface area (Å²) in [4.78, 5) is 31.3. The minimum atomic E-state index is -0.993. The van der Waals surface area contributed by atoms with E-state index in [1.807, 2.05) is 72.8 Å². The molecule has 0 radical (unpaired) electrons. The van der Waals surface area contributed by atoms with Gasteiger partial charge in [-0.05, 0) is 39.9 Å². The number of nitrogens with zero attached hydrogens (tertiary/aromatic N) is 2. The zero-order valence-electron chi connectivity index (χ0n) is 23.5. The Morgan fingerprint density at radius 2 is 1.60 bits per heavy atom. The molecule has 0 saturated carbocycles. The second kappa shape index (κ2) is 14.9. The van der Waals surface area contributed by atoms with Gasteiger partial charge in [0.25, 0.3) is 0 Å². The molecular weight excluding hydrogens is 566 g/mol. The Labute approximate surface area is 254 Å². The van der Waals surface area contributed by atoms with Crippen molar-refractivity contribution in [3.05, 3.63) is 114 Å². The molecule has 3 aromatic carbocycles. The molecule has 1 amide bonds. The Bertz CT molecular complexity index is 1500. The van der Waals surface area contributed by atoms with Crippen LogP contribution in [0.1, 0.15) is 53.9 Å². The largest absolute Gasteiger partial charge is 0.481 e. The molecule has 5 rings (SSSR count). The van der Waals surface area contributed by atoms with Gasteiger partial charge in [0.2, 0.25) is 5.91 Å². The van der Waals surface area contributed by atoms with Gasteiger partial charge in [-0.25, -0.2) is 9.97 Å². The van der Waals surface area contributed by atoms with Crippen LogP contribution in [-0.2, 0) is 32.2 Å². The highest BCUT2D eigenvalue weighted by molar-refractivity contribution is 7.99. The van der Waals surface area contributed by atoms with Gasteiger partial charge in [0.05, 0.1) is 25.2 Å². The van der Waals surface area contributed by atoms with E-state index in [-0.39, 0.29) is 37.6 Å². The lowest BCUT2D eigenvalue weighted by Crippen LogP contribution is -2.31. The molecule has 9 nitrogen and oxygen atoms in total. The van der Waals surface area contributed by atoms with Crippen molar-refractivity contribution in [3.8, 4) is 11.1 Å². The van der Waals surface area contributed by atoms with Crippen LogP contribution in [0.2, 0.25) is 0 Å². The number of rotatable bonds is 12. The number of carbonyl (C=O) groups excluding carboxylic acids is 1. The van der Waals surface area contributed by atoms with E-state index in [1.54, 1.807) is 30.2 Å². The van der Waals surface area contributed by atoms with Crippen LogP contribution in [0.3, 0.4) is 0 Å². The zero-order valence-corrected chi connectivity index (χ0v) is 24.3. The number of aliphatic hydroxyl groups excluding tert-OH is 1. The Morgan fingerprint density at radius 1 is 0.860 bits per heavy atom. The summed E-state index contributed by atoms with van der Waals surface area (Å²) in [5.74, 6) is -0.611. The molecule has 4 aromatic rings. The number of thioether (sulfide) groups is 1. The fourth-order valence-corrected chi connectivity index (χ4v) is 5.57. The number of benzene rings is 3. The third-order valence-electron chi connectivity index (χ3n) is 7.05. The summed E-state index contributed by atoms with van der Waals surface area (Å²) in [5, 5.41) is 21.7. The smallest absolute Gasteiger partial charge is 0.303 e. The Morgan fingerprint density at radius 3 is 2.33 bits per heavy atom. The van der Waals surface area contributed by atoms with Gasteiger partial charge in [0.1, 0.15) is 0 Å². The maximum atomic E-state index is 11.9. The van der Waals surface area contributed by atoms with E-state index in [1.165, 1.54) is 0 Å². The van der Waals surface area contributed by atoms with Crippen molar-refractivity contribution in [2.24, 2.45) is 0 Å². The summed E-state index contributed by atoms with van der Waals surface area (Å²) in [7, 11) is 0. The molecule has 43 heavy (non-hydrogen) atoms. The van der Waals surface area contributed by atoms with Crippen LogP contribution in [0.25, 0.3) is 11.1 Å². The molecule has 0 spiro atoms. The molecular formula is C33H33N3O6S. The maximum Gasteiger partial charge on any atom is 0.303 e. The van der Waals surface area contributed by atoms with Crippen molar-refractivity contribution in [3.63, 3.8) is 0 Å². The van der Waals surface area contributed by atoms with Crippen molar-refractivity contribution in [2.75, 3.05) is 5.75 Å². The summed E-state index contributed by atoms with van der Waals surface area (Å²) >= 11 is 1.55. The van der Waals surface area contributed by atoms with Crippen LogP contribution >= 0.6 is 11.8 Å². The van der Waals surface area contributed by atoms with Crippen LogP contribution in [0, 0.1) is 0 Å². The van der Waals surface area contributed by atoms with E-state index in [9.17, 15) is 14.7 Å². The minimum Gasteiger partial charge on any atom is -0.481 e. The molecule has 0 aliphatic carbocycles. The minimum absolute atomic E-state index is 0.00936. The van der Waals surface area contributed by atoms with Crippen molar-refractivity contribution >= 4 is 23.6 Å². The monoisotopic (exact) mass is 599 g/mol. The summed E-state index contributed by atoms with van der Waals surface area (Å²) in [6, 6.07) is 25.5. The normalized spacial score (nSPS) is 18.2. The number of aliphatic carboxylic acids is 1. The number of aromatic nitrogens is 2. The molecule has 1 aliphatic rings. The average Bonchev–Trinajstić information content (AvgIpc) is 3.06. The predicted octanol–water partition coefficient (Wildman–Crippen LogP) is 5.45. The Balaban J connectivity index is 1.28. The molecule has 2 heterocycles. The number of amides is 1. The van der Waals surface area contributed by atoms with E-state index >= 15 is 0 Å². The summed E-state index contributed by atoms with van der Waals surface area (Å²) in [6.07, 6.45) is 3.04. The van der Waals surface area contributed by atoms with Gasteiger partial charge >= 0.3 is 5.97 Å². The molecule has 10 heteroatoms. The lowest BCUT2D eigenvalue weighted by atomic mass is 9.99. The Hall–Kier alpha value is -4.09. The second-order valence-electron chi connectivity index (χ2n) is 10.2. The topological polar surface area (TPSA) is 131 Å². The quantitative estimate of drug-likeness (QED) is 0.144. The third kappa shape index (κ3) is 8.71. The number of ether oxygens (including phenoxy) is 2. The summed E-state index contributed by atoms with van der Waals surface area (Å²) < 4.78 is 12.9. The standard InChI is InChI=1S/C33H33N3O6S/c37-20-22-5-7-25(8-6-22)29-18-28(21-43-33-34-15-2-16-35-33)41-32(42-29)26-11-9-24(10-12-26)27-4-1-3-23(17-27)19-36-30(38)13-14-31(39)40/h1-12,15-17,28-29,32,37H,13-14,18-21H2,(H,36,38)(H,39,40)/t28-,29+,32+/m1/s1. The van der Waals surface area contributed by atoms with Crippen LogP contribution < -0.4 is 5.32 Å². The first-order chi connectivity index (χ1) is 21.0. The fraction of sp³-hybridized carbons (Fsp3) is 0.273. The number of aliphatic hydroxyl groups is 1. The van der Waals surface area contributed by atoms with Crippen molar-refractivity contribution < 1.29 is 29.3 Å². The number of hydrogen-bond donors (Lipinski definition) is 3. The van der Waals surface area contributed by atoms with E-state index in [0.717, 1.165) is 33.4 Å². The lowest BCUT2D eigenvalue weighted by molar-refractivity contribution is -0.245. The van der Waals surface area contributed by atoms with Crippen molar-refractivity contribution in [2.45, 2.75) is 56.1 Å². The van der Waals surface area contributed by atoms with Gasteiger partial charge in [0, 0.05) is 43.1 Å². The van der Waals surface area contributed by atoms with Gasteiger partial charge in [-0.1, -0.05) is 78.5 Å². The third-order valence-corrected chi connectivity index (χ3v) is 8.06. The first-order valence-corrected chi connectivity index (χ1v) is 15.0. The van der Waals surface area contributed by atoms with Gasteiger partial charge < -0.3 is 25.0 Å². The van der Waals surface area contributed by atoms with Crippen molar-refractivity contribution in [1.82, 2.24) is 15.3 Å². The number of nitrogens with one attached hydrogen (secondary N) is 1. The molecule has 1 saturated heterocycles. The van der Waals surface area contributed by atoms with Gasteiger partial charge in [-0.3, -0.25) is 9.59 Å². The highest BCUT2D eigenvalue weighted by Gasteiger charge is 2.32. The first-order valence-electron chi connectivity index (χ1n) is 14.0. The molecule has 1 aliphatic heterocycles. The van der Waals surface area contributed by atoms with E-state index in [2.05, 4.69) is 15.3 Å². The molecule has 222 valence electrons. The van der Waals surface area contributed by atoms with E-state index in [4.69, 9.17) is 14.6 Å².